The Bertz CT molecular complexity index is 930. The highest BCUT2D eigenvalue weighted by atomic mass is 16.5. The molecule has 0 bridgehead atoms. The van der Waals surface area contributed by atoms with E-state index < -0.39 is 6.09 Å². The van der Waals surface area contributed by atoms with E-state index in [2.05, 4.69) is 29.2 Å². The van der Waals surface area contributed by atoms with Crippen molar-refractivity contribution in [2.75, 3.05) is 19.5 Å². The molecule has 1 aliphatic heterocycles. The summed E-state index contributed by atoms with van der Waals surface area (Å²) >= 11 is 0. The van der Waals surface area contributed by atoms with Gasteiger partial charge in [-0.3, -0.25) is 10.1 Å². The Kier molecular flexibility index (Phi) is 5.40. The van der Waals surface area contributed by atoms with E-state index in [1.807, 2.05) is 18.2 Å². The van der Waals surface area contributed by atoms with Gasteiger partial charge in [-0.1, -0.05) is 6.07 Å². The van der Waals surface area contributed by atoms with Crippen LogP contribution in [0.3, 0.4) is 0 Å². The van der Waals surface area contributed by atoms with Gasteiger partial charge in [0.2, 0.25) is 0 Å². The second-order valence-electron chi connectivity index (χ2n) is 7.32. The number of anilines is 1. The molecule has 2 N–H and O–H groups in total. The van der Waals surface area contributed by atoms with Crippen LogP contribution in [-0.4, -0.2) is 31.6 Å². The largest absolute Gasteiger partial charge is 0.497 e. The van der Waals surface area contributed by atoms with Gasteiger partial charge >= 0.3 is 6.09 Å². The van der Waals surface area contributed by atoms with Crippen LogP contribution in [0, 0.1) is 0 Å². The lowest BCUT2D eigenvalue weighted by molar-refractivity contribution is 0.104. The van der Waals surface area contributed by atoms with Gasteiger partial charge in [0.1, 0.15) is 5.75 Å². The van der Waals surface area contributed by atoms with Crippen LogP contribution in [0.25, 0.3) is 5.70 Å². The summed E-state index contributed by atoms with van der Waals surface area (Å²) in [5.74, 6) is 0.621. The van der Waals surface area contributed by atoms with Gasteiger partial charge in [-0.25, -0.2) is 4.79 Å². The number of carbonyl (C=O) groups excluding carboxylic acids is 2. The molecular weight excluding hydrogens is 356 g/mol. The van der Waals surface area contributed by atoms with Crippen molar-refractivity contribution in [3.05, 3.63) is 65.2 Å². The first-order valence-corrected chi connectivity index (χ1v) is 8.98. The van der Waals surface area contributed by atoms with Crippen LogP contribution < -0.4 is 15.4 Å². The van der Waals surface area contributed by atoms with Crippen molar-refractivity contribution in [3.8, 4) is 5.75 Å². The summed E-state index contributed by atoms with van der Waals surface area (Å²) in [4.78, 5) is 24.1. The molecule has 28 heavy (non-hydrogen) atoms. The SMILES string of the molecule is COC(=O)Nc1ccc(C(=O)/C=C2\NC(C)(C)Cc3ccc(OC)cc32)cc1. The maximum atomic E-state index is 12.8. The molecule has 0 aliphatic carbocycles. The average Bonchev–Trinajstić information content (AvgIpc) is 2.67. The number of rotatable bonds is 4. The molecule has 2 aromatic rings. The number of carbonyl (C=O) groups is 2. The molecule has 1 amide bonds. The van der Waals surface area contributed by atoms with Gasteiger partial charge in [-0.2, -0.15) is 0 Å². The highest BCUT2D eigenvalue weighted by Gasteiger charge is 2.28. The first kappa shape index (κ1) is 19.5. The second-order valence-corrected chi connectivity index (χ2v) is 7.32. The predicted molar refractivity (Wildman–Crippen MR) is 109 cm³/mol. The molecule has 0 atom stereocenters. The van der Waals surface area contributed by atoms with Gasteiger partial charge < -0.3 is 14.8 Å². The number of hydrogen-bond donors (Lipinski definition) is 2. The minimum atomic E-state index is -0.555. The van der Waals surface area contributed by atoms with E-state index in [1.165, 1.54) is 12.7 Å². The molecule has 0 saturated heterocycles. The van der Waals surface area contributed by atoms with Gasteiger partial charge in [-0.15, -0.1) is 0 Å². The van der Waals surface area contributed by atoms with Gasteiger partial charge in [0.25, 0.3) is 0 Å². The standard InChI is InChI=1S/C22H24N2O4/c1-22(2)13-15-7-10-17(27-3)11-18(15)19(24-22)12-20(25)14-5-8-16(9-6-14)23-21(26)28-4/h5-12,24H,13H2,1-4H3,(H,23,26)/b19-12-. The molecular formula is C22H24N2O4. The minimum absolute atomic E-state index is 0.126. The van der Waals surface area contributed by atoms with E-state index in [1.54, 1.807) is 37.5 Å². The zero-order valence-electron chi connectivity index (χ0n) is 16.5. The normalized spacial score (nSPS) is 15.9. The quantitative estimate of drug-likeness (QED) is 0.619. The third kappa shape index (κ3) is 4.34. The smallest absolute Gasteiger partial charge is 0.411 e. The number of fused-ring (bicyclic) bond motifs is 1. The molecule has 1 aliphatic rings. The second kappa shape index (κ2) is 7.76. The Morgan fingerprint density at radius 1 is 1.11 bits per heavy atom. The predicted octanol–water partition coefficient (Wildman–Crippen LogP) is 4.02. The zero-order valence-corrected chi connectivity index (χ0v) is 16.5. The molecule has 0 radical (unpaired) electrons. The minimum Gasteiger partial charge on any atom is -0.497 e. The maximum absolute atomic E-state index is 12.8. The molecule has 0 aromatic heterocycles. The average molecular weight is 380 g/mol. The van der Waals surface area contributed by atoms with Crippen LogP contribution >= 0.6 is 0 Å². The van der Waals surface area contributed by atoms with E-state index in [0.29, 0.717) is 11.3 Å². The Balaban J connectivity index is 1.90. The lowest BCUT2D eigenvalue weighted by Gasteiger charge is -2.35. The van der Waals surface area contributed by atoms with E-state index >= 15 is 0 Å². The van der Waals surface area contributed by atoms with Crippen molar-refractivity contribution in [3.63, 3.8) is 0 Å². The zero-order chi connectivity index (χ0) is 20.3. The number of allylic oxidation sites excluding steroid dienone is 1. The Morgan fingerprint density at radius 2 is 1.82 bits per heavy atom. The highest BCUT2D eigenvalue weighted by Crippen LogP contribution is 2.32. The number of amides is 1. The molecule has 0 fully saturated rings. The monoisotopic (exact) mass is 380 g/mol. The van der Waals surface area contributed by atoms with Crippen LogP contribution in [-0.2, 0) is 11.2 Å². The Morgan fingerprint density at radius 3 is 2.46 bits per heavy atom. The summed E-state index contributed by atoms with van der Waals surface area (Å²) in [6.07, 6.45) is 1.91. The van der Waals surface area contributed by atoms with Crippen LogP contribution in [0.5, 0.6) is 5.75 Å². The number of benzene rings is 2. The molecule has 6 nitrogen and oxygen atoms in total. The fraction of sp³-hybridized carbons (Fsp3) is 0.273. The van der Waals surface area contributed by atoms with Crippen molar-refractivity contribution in [2.24, 2.45) is 0 Å². The lowest BCUT2D eigenvalue weighted by Crippen LogP contribution is -2.43. The Hall–Kier alpha value is -3.28. The van der Waals surface area contributed by atoms with Crippen molar-refractivity contribution < 1.29 is 19.1 Å². The number of nitrogens with one attached hydrogen (secondary N) is 2. The topological polar surface area (TPSA) is 76.7 Å². The van der Waals surface area contributed by atoms with Crippen LogP contribution in [0.15, 0.2) is 48.5 Å². The molecule has 0 saturated carbocycles. The summed E-state index contributed by atoms with van der Waals surface area (Å²) in [5.41, 5.74) is 3.83. The van der Waals surface area contributed by atoms with Crippen molar-refractivity contribution in [1.29, 1.82) is 0 Å². The van der Waals surface area contributed by atoms with E-state index in [-0.39, 0.29) is 11.3 Å². The van der Waals surface area contributed by atoms with Crippen LogP contribution in [0.4, 0.5) is 10.5 Å². The summed E-state index contributed by atoms with van der Waals surface area (Å²) < 4.78 is 9.90. The van der Waals surface area contributed by atoms with Crippen molar-refractivity contribution in [1.82, 2.24) is 5.32 Å². The number of methoxy groups -OCH3 is 2. The third-order valence-electron chi connectivity index (χ3n) is 4.59. The summed E-state index contributed by atoms with van der Waals surface area (Å²) in [7, 11) is 2.92. The summed E-state index contributed by atoms with van der Waals surface area (Å²) in [6.45, 7) is 4.21. The third-order valence-corrected chi connectivity index (χ3v) is 4.59. The van der Waals surface area contributed by atoms with E-state index in [0.717, 1.165) is 23.4 Å². The van der Waals surface area contributed by atoms with Crippen molar-refractivity contribution in [2.45, 2.75) is 25.8 Å². The van der Waals surface area contributed by atoms with Crippen LogP contribution in [0.1, 0.15) is 35.3 Å². The molecule has 0 unspecified atom stereocenters. The number of ether oxygens (including phenoxy) is 2. The first-order valence-electron chi connectivity index (χ1n) is 8.98. The fourth-order valence-electron chi connectivity index (χ4n) is 3.25. The Labute approximate surface area is 164 Å². The molecule has 146 valence electrons. The van der Waals surface area contributed by atoms with Crippen LogP contribution in [0.2, 0.25) is 0 Å². The van der Waals surface area contributed by atoms with Crippen molar-refractivity contribution >= 4 is 23.3 Å². The number of ketones is 1. The summed E-state index contributed by atoms with van der Waals surface area (Å²) in [5, 5.41) is 6.02. The van der Waals surface area contributed by atoms with Gasteiger partial charge in [-0.05, 0) is 62.2 Å². The van der Waals surface area contributed by atoms with E-state index in [9.17, 15) is 9.59 Å². The molecule has 1 heterocycles. The van der Waals surface area contributed by atoms with Gasteiger partial charge in [0, 0.05) is 34.1 Å². The first-order chi connectivity index (χ1) is 13.3. The molecule has 2 aromatic carbocycles. The molecule has 6 heteroatoms. The fourth-order valence-corrected chi connectivity index (χ4v) is 3.25. The molecule has 3 rings (SSSR count). The molecule has 0 spiro atoms. The number of hydrogen-bond acceptors (Lipinski definition) is 5. The van der Waals surface area contributed by atoms with Gasteiger partial charge in [0.15, 0.2) is 5.78 Å². The van der Waals surface area contributed by atoms with Gasteiger partial charge in [0.05, 0.1) is 14.2 Å². The lowest BCUT2D eigenvalue weighted by atomic mass is 9.85. The maximum Gasteiger partial charge on any atom is 0.411 e. The highest BCUT2D eigenvalue weighted by molar-refractivity contribution is 6.09. The van der Waals surface area contributed by atoms with E-state index in [4.69, 9.17) is 4.74 Å². The summed E-state index contributed by atoms with van der Waals surface area (Å²) in [6, 6.07) is 12.6.